The summed E-state index contributed by atoms with van der Waals surface area (Å²) in [7, 11) is 2.23. The fraction of sp³-hybridized carbons (Fsp3) is 1.00. The van der Waals surface area contributed by atoms with Crippen LogP contribution in [0.3, 0.4) is 0 Å². The molecule has 0 aromatic rings. The zero-order chi connectivity index (χ0) is 11.6. The van der Waals surface area contributed by atoms with E-state index in [1.807, 2.05) is 0 Å². The standard InChI is InChI=1S/C14H30N2/c1-3-4-5-6-7-8-11-15-14-10-9-12-16(2)13-14/h14-15H,3-13H2,1-2H3. The molecule has 1 rings (SSSR count). The van der Waals surface area contributed by atoms with Gasteiger partial charge < -0.3 is 10.2 Å². The Kier molecular flexibility index (Phi) is 7.87. The first-order chi connectivity index (χ1) is 7.83. The van der Waals surface area contributed by atoms with E-state index in [0.717, 1.165) is 6.04 Å². The van der Waals surface area contributed by atoms with Crippen LogP contribution >= 0.6 is 0 Å². The fourth-order valence-corrected chi connectivity index (χ4v) is 2.54. The van der Waals surface area contributed by atoms with E-state index in [9.17, 15) is 0 Å². The highest BCUT2D eigenvalue weighted by molar-refractivity contribution is 4.75. The van der Waals surface area contributed by atoms with Crippen LogP contribution in [-0.2, 0) is 0 Å². The molecule has 1 heterocycles. The highest BCUT2D eigenvalue weighted by Gasteiger charge is 2.15. The molecule has 0 radical (unpaired) electrons. The molecule has 0 aromatic heterocycles. The summed E-state index contributed by atoms with van der Waals surface area (Å²) < 4.78 is 0. The van der Waals surface area contributed by atoms with Crippen molar-refractivity contribution in [1.29, 1.82) is 0 Å². The number of unbranched alkanes of at least 4 members (excludes halogenated alkanes) is 5. The van der Waals surface area contributed by atoms with E-state index in [1.54, 1.807) is 0 Å². The second kappa shape index (κ2) is 9.00. The lowest BCUT2D eigenvalue weighted by Gasteiger charge is -2.30. The zero-order valence-corrected chi connectivity index (χ0v) is 11.3. The molecule has 1 aliphatic heterocycles. The maximum Gasteiger partial charge on any atom is 0.0195 e. The number of nitrogens with one attached hydrogen (secondary N) is 1. The van der Waals surface area contributed by atoms with Crippen molar-refractivity contribution < 1.29 is 0 Å². The second-order valence-electron chi connectivity index (χ2n) is 5.32. The molecule has 0 bridgehead atoms. The van der Waals surface area contributed by atoms with Gasteiger partial charge in [-0.05, 0) is 39.4 Å². The van der Waals surface area contributed by atoms with Crippen molar-refractivity contribution in [2.24, 2.45) is 0 Å². The van der Waals surface area contributed by atoms with Crippen LogP contribution in [0.25, 0.3) is 0 Å². The van der Waals surface area contributed by atoms with E-state index in [-0.39, 0.29) is 0 Å². The minimum Gasteiger partial charge on any atom is -0.313 e. The minimum absolute atomic E-state index is 0.759. The summed E-state index contributed by atoms with van der Waals surface area (Å²) in [4.78, 5) is 2.45. The Labute approximate surface area is 102 Å². The highest BCUT2D eigenvalue weighted by atomic mass is 15.1. The third kappa shape index (κ3) is 6.49. The lowest BCUT2D eigenvalue weighted by molar-refractivity contribution is 0.227. The minimum atomic E-state index is 0.759. The van der Waals surface area contributed by atoms with Gasteiger partial charge in [-0.25, -0.2) is 0 Å². The first-order valence-corrected chi connectivity index (χ1v) is 7.25. The molecule has 0 saturated carbocycles. The molecule has 2 heteroatoms. The fourth-order valence-electron chi connectivity index (χ4n) is 2.54. The van der Waals surface area contributed by atoms with Gasteiger partial charge in [0.15, 0.2) is 0 Å². The summed E-state index contributed by atoms with van der Waals surface area (Å²) in [6.07, 6.45) is 11.2. The molecule has 16 heavy (non-hydrogen) atoms. The number of hydrogen-bond acceptors (Lipinski definition) is 2. The highest BCUT2D eigenvalue weighted by Crippen LogP contribution is 2.08. The van der Waals surface area contributed by atoms with Crippen molar-refractivity contribution in [1.82, 2.24) is 10.2 Å². The topological polar surface area (TPSA) is 15.3 Å². The summed E-state index contributed by atoms with van der Waals surface area (Å²) in [5.74, 6) is 0. The largest absolute Gasteiger partial charge is 0.313 e. The molecule has 1 unspecified atom stereocenters. The molecule has 1 N–H and O–H groups in total. The van der Waals surface area contributed by atoms with Crippen LogP contribution in [0, 0.1) is 0 Å². The SMILES string of the molecule is CCCCCCCCNC1CCCN(C)C1. The van der Waals surface area contributed by atoms with E-state index in [1.165, 1.54) is 71.0 Å². The van der Waals surface area contributed by atoms with Crippen molar-refractivity contribution in [3.05, 3.63) is 0 Å². The van der Waals surface area contributed by atoms with Gasteiger partial charge in [-0.1, -0.05) is 39.0 Å². The Morgan fingerprint density at radius 3 is 2.62 bits per heavy atom. The van der Waals surface area contributed by atoms with Crippen molar-refractivity contribution in [2.45, 2.75) is 64.3 Å². The number of nitrogens with zero attached hydrogens (tertiary/aromatic N) is 1. The van der Waals surface area contributed by atoms with Gasteiger partial charge in [0.1, 0.15) is 0 Å². The molecule has 1 atom stereocenters. The Hall–Kier alpha value is -0.0800. The van der Waals surface area contributed by atoms with Crippen LogP contribution in [-0.4, -0.2) is 37.6 Å². The predicted octanol–water partition coefficient (Wildman–Crippen LogP) is 3.03. The number of rotatable bonds is 8. The molecule has 0 aliphatic carbocycles. The van der Waals surface area contributed by atoms with E-state index in [0.29, 0.717) is 0 Å². The van der Waals surface area contributed by atoms with Gasteiger partial charge in [0.05, 0.1) is 0 Å². The van der Waals surface area contributed by atoms with Gasteiger partial charge in [0, 0.05) is 12.6 Å². The second-order valence-corrected chi connectivity index (χ2v) is 5.32. The van der Waals surface area contributed by atoms with Crippen LogP contribution in [0.5, 0.6) is 0 Å². The maximum absolute atomic E-state index is 3.70. The zero-order valence-electron chi connectivity index (χ0n) is 11.3. The van der Waals surface area contributed by atoms with E-state index in [4.69, 9.17) is 0 Å². The molecule has 0 aromatic carbocycles. The molecule has 96 valence electrons. The molecule has 1 saturated heterocycles. The smallest absolute Gasteiger partial charge is 0.0195 e. The lowest BCUT2D eigenvalue weighted by atomic mass is 10.1. The normalized spacial score (nSPS) is 22.5. The van der Waals surface area contributed by atoms with Gasteiger partial charge >= 0.3 is 0 Å². The van der Waals surface area contributed by atoms with Gasteiger partial charge in [0.25, 0.3) is 0 Å². The summed E-state index contributed by atoms with van der Waals surface area (Å²) in [6, 6.07) is 0.759. The predicted molar refractivity (Wildman–Crippen MR) is 71.9 cm³/mol. The van der Waals surface area contributed by atoms with Crippen LogP contribution in [0.1, 0.15) is 58.3 Å². The third-order valence-electron chi connectivity index (χ3n) is 3.59. The number of hydrogen-bond donors (Lipinski definition) is 1. The van der Waals surface area contributed by atoms with Crippen LogP contribution in [0.4, 0.5) is 0 Å². The Morgan fingerprint density at radius 1 is 1.12 bits per heavy atom. The van der Waals surface area contributed by atoms with Crippen LogP contribution in [0.15, 0.2) is 0 Å². The molecule has 2 nitrogen and oxygen atoms in total. The summed E-state index contributed by atoms with van der Waals surface area (Å²) in [5, 5.41) is 3.70. The summed E-state index contributed by atoms with van der Waals surface area (Å²) >= 11 is 0. The summed E-state index contributed by atoms with van der Waals surface area (Å²) in [5.41, 5.74) is 0. The van der Waals surface area contributed by atoms with Gasteiger partial charge in [-0.15, -0.1) is 0 Å². The first-order valence-electron chi connectivity index (χ1n) is 7.25. The molecule has 0 amide bonds. The molecular formula is C14H30N2. The first kappa shape index (κ1) is 14.0. The molecular weight excluding hydrogens is 196 g/mol. The monoisotopic (exact) mass is 226 g/mol. The number of piperidine rings is 1. The van der Waals surface area contributed by atoms with Gasteiger partial charge in [-0.2, -0.15) is 0 Å². The van der Waals surface area contributed by atoms with Crippen molar-refractivity contribution in [3.8, 4) is 0 Å². The van der Waals surface area contributed by atoms with Crippen molar-refractivity contribution in [3.63, 3.8) is 0 Å². The van der Waals surface area contributed by atoms with E-state index >= 15 is 0 Å². The average Bonchev–Trinajstić information content (AvgIpc) is 2.28. The third-order valence-corrected chi connectivity index (χ3v) is 3.59. The van der Waals surface area contributed by atoms with Crippen LogP contribution in [0.2, 0.25) is 0 Å². The van der Waals surface area contributed by atoms with Gasteiger partial charge in [-0.3, -0.25) is 0 Å². The number of likely N-dealkylation sites (tertiary alicyclic amines) is 1. The van der Waals surface area contributed by atoms with Crippen LogP contribution < -0.4 is 5.32 Å². The van der Waals surface area contributed by atoms with Gasteiger partial charge in [0.2, 0.25) is 0 Å². The molecule has 1 fully saturated rings. The van der Waals surface area contributed by atoms with E-state index in [2.05, 4.69) is 24.2 Å². The van der Waals surface area contributed by atoms with Crippen molar-refractivity contribution in [2.75, 3.05) is 26.7 Å². The lowest BCUT2D eigenvalue weighted by Crippen LogP contribution is -2.44. The summed E-state index contributed by atoms with van der Waals surface area (Å²) in [6.45, 7) is 6.04. The number of likely N-dealkylation sites (N-methyl/N-ethyl adjacent to an activating group) is 1. The molecule has 0 spiro atoms. The van der Waals surface area contributed by atoms with Crippen molar-refractivity contribution >= 4 is 0 Å². The Morgan fingerprint density at radius 2 is 1.88 bits per heavy atom. The average molecular weight is 226 g/mol. The quantitative estimate of drug-likeness (QED) is 0.640. The van der Waals surface area contributed by atoms with E-state index < -0.39 is 0 Å². The Bertz CT molecular complexity index is 159. The Balaban J connectivity index is 1.86. The molecule has 1 aliphatic rings. The maximum atomic E-state index is 3.70.